The summed E-state index contributed by atoms with van der Waals surface area (Å²) >= 11 is 5.69. The van der Waals surface area contributed by atoms with Crippen LogP contribution >= 0.6 is 11.6 Å². The summed E-state index contributed by atoms with van der Waals surface area (Å²) in [5, 5.41) is 14.0. The standard InChI is InChI=1S/C10H10ClN3O/c11-8-2-4-9(5-3-8)14-10(15)13-7-1-6-12/h2-5H,1,7H2,(H2,13,14,15). The maximum absolute atomic E-state index is 11.2. The van der Waals surface area contributed by atoms with Crippen LogP contribution in [0.2, 0.25) is 5.02 Å². The average Bonchev–Trinajstić information content (AvgIpc) is 2.22. The van der Waals surface area contributed by atoms with Crippen molar-refractivity contribution in [2.24, 2.45) is 0 Å². The molecule has 0 radical (unpaired) electrons. The SMILES string of the molecule is N#CCCNC(=O)Nc1ccc(Cl)cc1. The summed E-state index contributed by atoms with van der Waals surface area (Å²) < 4.78 is 0. The highest BCUT2D eigenvalue weighted by atomic mass is 35.5. The Balaban J connectivity index is 2.38. The molecule has 0 fully saturated rings. The summed E-state index contributed by atoms with van der Waals surface area (Å²) in [6.07, 6.45) is 0.300. The number of halogens is 1. The van der Waals surface area contributed by atoms with Crippen molar-refractivity contribution < 1.29 is 4.79 Å². The molecule has 2 amide bonds. The van der Waals surface area contributed by atoms with Crippen LogP contribution in [-0.4, -0.2) is 12.6 Å². The zero-order valence-corrected chi connectivity index (χ0v) is 8.71. The fourth-order valence-corrected chi connectivity index (χ4v) is 1.07. The Hall–Kier alpha value is -1.73. The predicted molar refractivity (Wildman–Crippen MR) is 58.7 cm³/mol. The number of hydrogen-bond acceptors (Lipinski definition) is 2. The quantitative estimate of drug-likeness (QED) is 0.773. The Morgan fingerprint density at radius 2 is 2.07 bits per heavy atom. The van der Waals surface area contributed by atoms with E-state index in [0.29, 0.717) is 23.7 Å². The summed E-state index contributed by atoms with van der Waals surface area (Å²) in [5.74, 6) is 0. The summed E-state index contributed by atoms with van der Waals surface area (Å²) in [6.45, 7) is 0.343. The van der Waals surface area contributed by atoms with E-state index in [1.54, 1.807) is 24.3 Å². The number of anilines is 1. The van der Waals surface area contributed by atoms with Gasteiger partial charge in [-0.3, -0.25) is 0 Å². The third-order valence-corrected chi connectivity index (χ3v) is 1.88. The van der Waals surface area contributed by atoms with Crippen LogP contribution in [0.25, 0.3) is 0 Å². The molecule has 0 heterocycles. The minimum absolute atomic E-state index is 0.300. The monoisotopic (exact) mass is 223 g/mol. The van der Waals surface area contributed by atoms with E-state index in [1.165, 1.54) is 0 Å². The van der Waals surface area contributed by atoms with Gasteiger partial charge in [0.25, 0.3) is 0 Å². The van der Waals surface area contributed by atoms with Crippen LogP contribution in [0, 0.1) is 11.3 Å². The third kappa shape index (κ3) is 4.34. The van der Waals surface area contributed by atoms with Gasteiger partial charge in [0.2, 0.25) is 0 Å². The summed E-state index contributed by atoms with van der Waals surface area (Å²) in [5.41, 5.74) is 0.661. The van der Waals surface area contributed by atoms with Gasteiger partial charge in [0.15, 0.2) is 0 Å². The molecule has 4 nitrogen and oxygen atoms in total. The number of benzene rings is 1. The molecule has 15 heavy (non-hydrogen) atoms. The Morgan fingerprint density at radius 1 is 1.40 bits per heavy atom. The molecule has 78 valence electrons. The minimum Gasteiger partial charge on any atom is -0.337 e. The first-order chi connectivity index (χ1) is 7.22. The molecule has 0 unspecified atom stereocenters. The highest BCUT2D eigenvalue weighted by molar-refractivity contribution is 6.30. The van der Waals surface area contributed by atoms with Crippen LogP contribution in [0.3, 0.4) is 0 Å². The van der Waals surface area contributed by atoms with Crippen molar-refractivity contribution in [3.63, 3.8) is 0 Å². The van der Waals surface area contributed by atoms with E-state index < -0.39 is 0 Å². The number of carbonyl (C=O) groups excluding carboxylic acids is 1. The van der Waals surface area contributed by atoms with Crippen LogP contribution in [-0.2, 0) is 0 Å². The number of nitriles is 1. The Morgan fingerprint density at radius 3 is 2.67 bits per heavy atom. The molecule has 1 rings (SSSR count). The van der Waals surface area contributed by atoms with Crippen LogP contribution in [0.4, 0.5) is 10.5 Å². The van der Waals surface area contributed by atoms with E-state index in [-0.39, 0.29) is 6.03 Å². The van der Waals surface area contributed by atoms with Gasteiger partial charge in [0.05, 0.1) is 12.5 Å². The largest absolute Gasteiger partial charge is 0.337 e. The Bertz CT molecular complexity index is 369. The fourth-order valence-electron chi connectivity index (χ4n) is 0.940. The van der Waals surface area contributed by atoms with Gasteiger partial charge in [-0.25, -0.2) is 4.79 Å². The van der Waals surface area contributed by atoms with Crippen molar-refractivity contribution in [1.82, 2.24) is 5.32 Å². The average molecular weight is 224 g/mol. The zero-order valence-electron chi connectivity index (χ0n) is 7.96. The molecule has 2 N–H and O–H groups in total. The first kappa shape index (κ1) is 11.3. The van der Waals surface area contributed by atoms with Crippen LogP contribution in [0.1, 0.15) is 6.42 Å². The molecule has 0 aliphatic carbocycles. The van der Waals surface area contributed by atoms with Crippen molar-refractivity contribution in [3.8, 4) is 6.07 Å². The summed E-state index contributed by atoms with van der Waals surface area (Å²) in [7, 11) is 0. The van der Waals surface area contributed by atoms with E-state index in [9.17, 15) is 4.79 Å². The fraction of sp³-hybridized carbons (Fsp3) is 0.200. The van der Waals surface area contributed by atoms with Gasteiger partial charge in [0.1, 0.15) is 0 Å². The normalized spacial score (nSPS) is 9.07. The third-order valence-electron chi connectivity index (χ3n) is 1.62. The number of urea groups is 1. The number of rotatable bonds is 3. The van der Waals surface area contributed by atoms with Crippen LogP contribution in [0.5, 0.6) is 0 Å². The molecular formula is C10H10ClN3O. The molecule has 0 aliphatic rings. The molecular weight excluding hydrogens is 214 g/mol. The van der Waals surface area contributed by atoms with E-state index in [2.05, 4.69) is 10.6 Å². The van der Waals surface area contributed by atoms with Gasteiger partial charge in [-0.2, -0.15) is 5.26 Å². The maximum Gasteiger partial charge on any atom is 0.319 e. The number of amides is 2. The summed E-state index contributed by atoms with van der Waals surface area (Å²) in [4.78, 5) is 11.2. The first-order valence-electron chi connectivity index (χ1n) is 4.40. The first-order valence-corrected chi connectivity index (χ1v) is 4.77. The number of hydrogen-bond donors (Lipinski definition) is 2. The van der Waals surface area contributed by atoms with Crippen molar-refractivity contribution in [2.75, 3.05) is 11.9 Å². The van der Waals surface area contributed by atoms with Crippen molar-refractivity contribution in [1.29, 1.82) is 5.26 Å². The van der Waals surface area contributed by atoms with Gasteiger partial charge in [-0.05, 0) is 24.3 Å². The number of carbonyl (C=O) groups is 1. The molecule has 0 atom stereocenters. The van der Waals surface area contributed by atoms with Crippen molar-refractivity contribution in [2.45, 2.75) is 6.42 Å². The second-order valence-corrected chi connectivity index (χ2v) is 3.23. The predicted octanol–water partition coefficient (Wildman–Crippen LogP) is 2.38. The molecule has 5 heteroatoms. The lowest BCUT2D eigenvalue weighted by atomic mass is 10.3. The second-order valence-electron chi connectivity index (χ2n) is 2.80. The number of nitrogens with one attached hydrogen (secondary N) is 2. The Kier molecular flexibility index (Phi) is 4.45. The Labute approximate surface area is 92.8 Å². The smallest absolute Gasteiger partial charge is 0.319 e. The molecule has 0 aromatic heterocycles. The highest BCUT2D eigenvalue weighted by Gasteiger charge is 1.99. The minimum atomic E-state index is -0.326. The molecule has 0 saturated heterocycles. The lowest BCUT2D eigenvalue weighted by Crippen LogP contribution is -2.29. The van der Waals surface area contributed by atoms with E-state index >= 15 is 0 Å². The van der Waals surface area contributed by atoms with Gasteiger partial charge < -0.3 is 10.6 Å². The van der Waals surface area contributed by atoms with Crippen molar-refractivity contribution >= 4 is 23.3 Å². The van der Waals surface area contributed by atoms with E-state index in [0.717, 1.165) is 0 Å². The second kappa shape index (κ2) is 5.89. The lowest BCUT2D eigenvalue weighted by molar-refractivity contribution is 0.252. The van der Waals surface area contributed by atoms with Crippen LogP contribution < -0.4 is 10.6 Å². The van der Waals surface area contributed by atoms with Gasteiger partial charge in [-0.1, -0.05) is 11.6 Å². The highest BCUT2D eigenvalue weighted by Crippen LogP contribution is 2.12. The van der Waals surface area contributed by atoms with E-state index in [4.69, 9.17) is 16.9 Å². The molecule has 0 aliphatic heterocycles. The maximum atomic E-state index is 11.2. The van der Waals surface area contributed by atoms with Crippen LogP contribution in [0.15, 0.2) is 24.3 Å². The summed E-state index contributed by atoms with van der Waals surface area (Å²) in [6, 6.07) is 8.38. The zero-order chi connectivity index (χ0) is 11.1. The molecule has 0 bridgehead atoms. The molecule has 1 aromatic rings. The van der Waals surface area contributed by atoms with Gasteiger partial charge in [-0.15, -0.1) is 0 Å². The van der Waals surface area contributed by atoms with Crippen molar-refractivity contribution in [3.05, 3.63) is 29.3 Å². The molecule has 0 spiro atoms. The molecule has 1 aromatic carbocycles. The van der Waals surface area contributed by atoms with Gasteiger partial charge in [0, 0.05) is 17.3 Å². The topological polar surface area (TPSA) is 64.9 Å². The lowest BCUT2D eigenvalue weighted by Gasteiger charge is -2.05. The molecule has 0 saturated carbocycles. The number of nitrogens with zero attached hydrogens (tertiary/aromatic N) is 1. The van der Waals surface area contributed by atoms with E-state index in [1.807, 2.05) is 6.07 Å². The van der Waals surface area contributed by atoms with Gasteiger partial charge >= 0.3 is 6.03 Å².